The second-order valence-corrected chi connectivity index (χ2v) is 5.10. The van der Waals surface area contributed by atoms with Gasteiger partial charge in [-0.05, 0) is 37.1 Å². The monoisotopic (exact) mass is 238 g/mol. The van der Waals surface area contributed by atoms with Crippen molar-refractivity contribution >= 4 is 17.7 Å². The Labute approximate surface area is 101 Å². The van der Waals surface area contributed by atoms with E-state index in [0.717, 1.165) is 18.6 Å². The minimum Gasteiger partial charge on any atom is -0.481 e. The van der Waals surface area contributed by atoms with Crippen LogP contribution in [0.5, 0.6) is 0 Å². The molecule has 0 amide bonds. The summed E-state index contributed by atoms with van der Waals surface area (Å²) in [6.07, 6.45) is 1.83. The van der Waals surface area contributed by atoms with Gasteiger partial charge in [-0.3, -0.25) is 4.79 Å². The maximum Gasteiger partial charge on any atom is 0.303 e. The largest absolute Gasteiger partial charge is 0.481 e. The van der Waals surface area contributed by atoms with Crippen LogP contribution in [0.3, 0.4) is 0 Å². The maximum absolute atomic E-state index is 10.5. The Morgan fingerprint density at radius 2 is 2.19 bits per heavy atom. The number of carbonyl (C=O) groups is 1. The van der Waals surface area contributed by atoms with Gasteiger partial charge in [0.05, 0.1) is 0 Å². The van der Waals surface area contributed by atoms with Gasteiger partial charge in [0.2, 0.25) is 0 Å². The molecule has 16 heavy (non-hydrogen) atoms. The Morgan fingerprint density at radius 1 is 1.44 bits per heavy atom. The summed E-state index contributed by atoms with van der Waals surface area (Å²) in [5, 5.41) is 8.61. The molecule has 88 valence electrons. The van der Waals surface area contributed by atoms with Crippen molar-refractivity contribution in [1.29, 1.82) is 0 Å². The summed E-state index contributed by atoms with van der Waals surface area (Å²) in [7, 11) is 0. The molecule has 1 aromatic rings. The maximum atomic E-state index is 10.5. The zero-order valence-electron chi connectivity index (χ0n) is 9.82. The van der Waals surface area contributed by atoms with E-state index in [9.17, 15) is 4.79 Å². The molecule has 0 fully saturated rings. The van der Waals surface area contributed by atoms with Crippen molar-refractivity contribution in [2.24, 2.45) is 0 Å². The Kier molecular flexibility index (Phi) is 5.39. The lowest BCUT2D eigenvalue weighted by molar-refractivity contribution is -0.137. The van der Waals surface area contributed by atoms with Crippen molar-refractivity contribution in [3.63, 3.8) is 0 Å². The summed E-state index contributed by atoms with van der Waals surface area (Å²) in [6.45, 7) is 4.20. The van der Waals surface area contributed by atoms with E-state index in [1.165, 1.54) is 16.0 Å². The third kappa shape index (κ3) is 4.27. The summed E-state index contributed by atoms with van der Waals surface area (Å²) >= 11 is 1.82. The number of hydrogen-bond donors (Lipinski definition) is 1. The second-order valence-electron chi connectivity index (χ2n) is 3.79. The van der Waals surface area contributed by atoms with Crippen LogP contribution in [-0.4, -0.2) is 16.8 Å². The summed E-state index contributed by atoms with van der Waals surface area (Å²) < 4.78 is 0. The van der Waals surface area contributed by atoms with Crippen molar-refractivity contribution in [3.05, 3.63) is 29.3 Å². The van der Waals surface area contributed by atoms with Gasteiger partial charge in [-0.1, -0.05) is 24.6 Å². The van der Waals surface area contributed by atoms with Gasteiger partial charge in [0.15, 0.2) is 0 Å². The summed E-state index contributed by atoms with van der Waals surface area (Å²) in [4.78, 5) is 11.8. The van der Waals surface area contributed by atoms with E-state index in [2.05, 4.69) is 32.0 Å². The molecule has 0 unspecified atom stereocenters. The van der Waals surface area contributed by atoms with E-state index >= 15 is 0 Å². The molecule has 0 aliphatic rings. The fourth-order valence-electron chi connectivity index (χ4n) is 1.63. The molecule has 0 atom stereocenters. The molecule has 0 saturated carbocycles. The standard InChI is InChI=1S/C13H18O2S/c1-3-16-12-8-7-10(2)9-11(12)5-4-6-13(14)15/h7-9H,3-6H2,1-2H3,(H,14,15). The predicted molar refractivity (Wildman–Crippen MR) is 68.2 cm³/mol. The first kappa shape index (κ1) is 13.1. The van der Waals surface area contributed by atoms with Crippen molar-refractivity contribution < 1.29 is 9.90 Å². The molecular weight excluding hydrogens is 220 g/mol. The molecule has 0 aliphatic carbocycles. The highest BCUT2D eigenvalue weighted by molar-refractivity contribution is 7.99. The van der Waals surface area contributed by atoms with Gasteiger partial charge in [0, 0.05) is 11.3 Å². The van der Waals surface area contributed by atoms with Crippen LogP contribution >= 0.6 is 11.8 Å². The van der Waals surface area contributed by atoms with Crippen molar-refractivity contribution in [2.75, 3.05) is 5.75 Å². The third-order valence-electron chi connectivity index (χ3n) is 2.35. The second kappa shape index (κ2) is 6.59. The van der Waals surface area contributed by atoms with Crippen molar-refractivity contribution in [3.8, 4) is 0 Å². The summed E-state index contributed by atoms with van der Waals surface area (Å²) in [6, 6.07) is 6.41. The van der Waals surface area contributed by atoms with Crippen LogP contribution in [0.15, 0.2) is 23.1 Å². The summed E-state index contributed by atoms with van der Waals surface area (Å²) in [5.74, 6) is 0.340. The number of aliphatic carboxylic acids is 1. The van der Waals surface area contributed by atoms with Gasteiger partial charge in [-0.2, -0.15) is 0 Å². The van der Waals surface area contributed by atoms with Gasteiger partial charge >= 0.3 is 5.97 Å². The molecule has 0 bridgehead atoms. The molecule has 0 aromatic heterocycles. The Hall–Kier alpha value is -0.960. The zero-order chi connectivity index (χ0) is 12.0. The van der Waals surface area contributed by atoms with E-state index in [1.807, 2.05) is 11.8 Å². The lowest BCUT2D eigenvalue weighted by atomic mass is 10.1. The first-order valence-electron chi connectivity index (χ1n) is 5.57. The van der Waals surface area contributed by atoms with Gasteiger partial charge in [0.1, 0.15) is 0 Å². The van der Waals surface area contributed by atoms with Gasteiger partial charge in [0.25, 0.3) is 0 Å². The van der Waals surface area contributed by atoms with Crippen LogP contribution in [0.25, 0.3) is 0 Å². The molecule has 0 aliphatic heterocycles. The van der Waals surface area contributed by atoms with Crippen molar-refractivity contribution in [1.82, 2.24) is 0 Å². The number of rotatable bonds is 6. The number of hydrogen-bond acceptors (Lipinski definition) is 2. The number of thioether (sulfide) groups is 1. The minimum absolute atomic E-state index is 0.254. The normalized spacial score (nSPS) is 10.4. The SMILES string of the molecule is CCSc1ccc(C)cc1CCCC(=O)O. The van der Waals surface area contributed by atoms with Gasteiger partial charge < -0.3 is 5.11 Å². The molecule has 0 spiro atoms. The van der Waals surface area contributed by atoms with E-state index in [1.54, 1.807) is 0 Å². The quantitative estimate of drug-likeness (QED) is 0.770. The van der Waals surface area contributed by atoms with Crippen LogP contribution < -0.4 is 0 Å². The first-order valence-corrected chi connectivity index (χ1v) is 6.56. The van der Waals surface area contributed by atoms with Gasteiger partial charge in [-0.25, -0.2) is 0 Å². The van der Waals surface area contributed by atoms with E-state index < -0.39 is 5.97 Å². The highest BCUT2D eigenvalue weighted by Gasteiger charge is 2.04. The lowest BCUT2D eigenvalue weighted by Crippen LogP contribution is -1.97. The number of carboxylic acid groups (broad SMARTS) is 1. The van der Waals surface area contributed by atoms with E-state index in [0.29, 0.717) is 0 Å². The average molecular weight is 238 g/mol. The highest BCUT2D eigenvalue weighted by atomic mass is 32.2. The topological polar surface area (TPSA) is 37.3 Å². The molecule has 0 saturated heterocycles. The zero-order valence-corrected chi connectivity index (χ0v) is 10.6. The number of carboxylic acids is 1. The minimum atomic E-state index is -0.711. The van der Waals surface area contributed by atoms with Crippen LogP contribution in [-0.2, 0) is 11.2 Å². The third-order valence-corrected chi connectivity index (χ3v) is 3.35. The molecule has 1 N–H and O–H groups in total. The first-order chi connectivity index (χ1) is 7.63. The number of aryl methyl sites for hydroxylation is 2. The highest BCUT2D eigenvalue weighted by Crippen LogP contribution is 2.25. The molecule has 1 aromatic carbocycles. The van der Waals surface area contributed by atoms with Crippen LogP contribution in [0, 0.1) is 6.92 Å². The smallest absolute Gasteiger partial charge is 0.303 e. The van der Waals surface area contributed by atoms with Crippen LogP contribution in [0.1, 0.15) is 30.9 Å². The van der Waals surface area contributed by atoms with Crippen molar-refractivity contribution in [2.45, 2.75) is 38.0 Å². The van der Waals surface area contributed by atoms with E-state index in [4.69, 9.17) is 5.11 Å². The predicted octanol–water partition coefficient (Wildman–Crippen LogP) is 3.51. The van der Waals surface area contributed by atoms with E-state index in [-0.39, 0.29) is 6.42 Å². The molecule has 3 heteroatoms. The number of benzene rings is 1. The fraction of sp³-hybridized carbons (Fsp3) is 0.462. The van der Waals surface area contributed by atoms with Crippen LogP contribution in [0.4, 0.5) is 0 Å². The molecule has 1 rings (SSSR count). The molecule has 2 nitrogen and oxygen atoms in total. The molecule has 0 heterocycles. The Bertz CT molecular complexity index is 361. The average Bonchev–Trinajstić information content (AvgIpc) is 2.21. The van der Waals surface area contributed by atoms with Gasteiger partial charge in [-0.15, -0.1) is 11.8 Å². The molecular formula is C13H18O2S. The molecule has 0 radical (unpaired) electrons. The van der Waals surface area contributed by atoms with Crippen LogP contribution in [0.2, 0.25) is 0 Å². The summed E-state index contributed by atoms with van der Waals surface area (Å²) in [5.41, 5.74) is 2.53. The lowest BCUT2D eigenvalue weighted by Gasteiger charge is -2.08. The fourth-order valence-corrected chi connectivity index (χ4v) is 2.45. The Morgan fingerprint density at radius 3 is 2.81 bits per heavy atom. The Balaban J connectivity index is 2.67.